The highest BCUT2D eigenvalue weighted by Gasteiger charge is 2.44. The SMILES string of the molecule is COCC(CCC(Cc1ccccc1)C(F)(F)F)(COC)C1CCCCC1. The lowest BCUT2D eigenvalue weighted by Crippen LogP contribution is -2.41. The van der Waals surface area contributed by atoms with E-state index in [9.17, 15) is 13.2 Å². The highest BCUT2D eigenvalue weighted by atomic mass is 19.4. The van der Waals surface area contributed by atoms with Crippen LogP contribution in [-0.4, -0.2) is 33.6 Å². The van der Waals surface area contributed by atoms with E-state index in [4.69, 9.17) is 9.47 Å². The fraction of sp³-hybridized carbons (Fsp3) is 0.727. The molecule has 0 radical (unpaired) electrons. The van der Waals surface area contributed by atoms with Crippen molar-refractivity contribution in [2.24, 2.45) is 17.3 Å². The molecule has 27 heavy (non-hydrogen) atoms. The summed E-state index contributed by atoms with van der Waals surface area (Å²) < 4.78 is 52.2. The second-order valence-electron chi connectivity index (χ2n) is 8.03. The van der Waals surface area contributed by atoms with Gasteiger partial charge in [0.05, 0.1) is 19.1 Å². The Labute approximate surface area is 161 Å². The molecule has 5 heteroatoms. The summed E-state index contributed by atoms with van der Waals surface area (Å²) in [4.78, 5) is 0. The molecule has 1 aromatic rings. The lowest BCUT2D eigenvalue weighted by atomic mass is 9.66. The number of methoxy groups -OCH3 is 2. The second-order valence-corrected chi connectivity index (χ2v) is 8.03. The molecule has 1 unspecified atom stereocenters. The third-order valence-corrected chi connectivity index (χ3v) is 6.11. The minimum atomic E-state index is -4.20. The number of ether oxygens (including phenoxy) is 2. The molecule has 2 nitrogen and oxygen atoms in total. The van der Waals surface area contributed by atoms with Crippen LogP contribution >= 0.6 is 0 Å². The van der Waals surface area contributed by atoms with E-state index in [1.807, 2.05) is 6.07 Å². The fourth-order valence-electron chi connectivity index (χ4n) is 4.66. The van der Waals surface area contributed by atoms with Gasteiger partial charge in [-0.25, -0.2) is 0 Å². The molecule has 0 spiro atoms. The first-order chi connectivity index (χ1) is 12.9. The topological polar surface area (TPSA) is 18.5 Å². The highest BCUT2D eigenvalue weighted by molar-refractivity contribution is 5.15. The van der Waals surface area contributed by atoms with Gasteiger partial charge in [0.1, 0.15) is 0 Å². The van der Waals surface area contributed by atoms with Gasteiger partial charge in [-0.3, -0.25) is 0 Å². The summed E-state index contributed by atoms with van der Waals surface area (Å²) in [5.41, 5.74) is 0.408. The molecule has 0 aliphatic heterocycles. The average Bonchev–Trinajstić information content (AvgIpc) is 2.66. The van der Waals surface area contributed by atoms with Gasteiger partial charge in [-0.1, -0.05) is 49.6 Å². The van der Waals surface area contributed by atoms with Crippen LogP contribution in [0.5, 0.6) is 0 Å². The van der Waals surface area contributed by atoms with Gasteiger partial charge in [0.2, 0.25) is 0 Å². The van der Waals surface area contributed by atoms with Crippen LogP contribution in [0, 0.1) is 17.3 Å². The normalized spacial score (nSPS) is 17.8. The molecular weight excluding hydrogens is 353 g/mol. The summed E-state index contributed by atoms with van der Waals surface area (Å²) in [6, 6.07) is 8.97. The van der Waals surface area contributed by atoms with Crippen LogP contribution in [0.4, 0.5) is 13.2 Å². The van der Waals surface area contributed by atoms with E-state index in [0.717, 1.165) is 31.2 Å². The molecule has 1 atom stereocenters. The second kappa shape index (κ2) is 10.5. The van der Waals surface area contributed by atoms with E-state index in [1.165, 1.54) is 6.42 Å². The zero-order valence-electron chi connectivity index (χ0n) is 16.6. The maximum Gasteiger partial charge on any atom is 0.392 e. The van der Waals surface area contributed by atoms with E-state index in [2.05, 4.69) is 0 Å². The standard InChI is InChI=1S/C22H33F3O2/c1-26-16-21(17-27-2,19-11-7-4-8-12-19)14-13-20(22(23,24)25)15-18-9-5-3-6-10-18/h3,5-6,9-10,19-20H,4,7-8,11-17H2,1-2H3. The summed E-state index contributed by atoms with van der Waals surface area (Å²) in [5.74, 6) is -0.965. The molecule has 2 rings (SSSR count). The van der Waals surface area contributed by atoms with Crippen molar-refractivity contribution in [3.05, 3.63) is 35.9 Å². The molecule has 0 saturated heterocycles. The highest BCUT2D eigenvalue weighted by Crippen LogP contribution is 2.45. The first-order valence-corrected chi connectivity index (χ1v) is 10.00. The lowest BCUT2D eigenvalue weighted by molar-refractivity contribution is -0.180. The van der Waals surface area contributed by atoms with Crippen molar-refractivity contribution in [2.75, 3.05) is 27.4 Å². The largest absolute Gasteiger partial charge is 0.392 e. The Hall–Kier alpha value is -1.07. The smallest absolute Gasteiger partial charge is 0.384 e. The first kappa shape index (κ1) is 22.2. The molecule has 1 aliphatic carbocycles. The van der Waals surface area contributed by atoms with Crippen LogP contribution in [0.3, 0.4) is 0 Å². The molecule has 0 N–H and O–H groups in total. The fourth-order valence-corrected chi connectivity index (χ4v) is 4.66. The number of hydrogen-bond acceptors (Lipinski definition) is 2. The summed E-state index contributed by atoms with van der Waals surface area (Å²) >= 11 is 0. The molecule has 0 aromatic heterocycles. The van der Waals surface area contributed by atoms with Gasteiger partial charge >= 0.3 is 6.18 Å². The zero-order chi connectivity index (χ0) is 19.8. The van der Waals surface area contributed by atoms with Crippen LogP contribution in [-0.2, 0) is 15.9 Å². The van der Waals surface area contributed by atoms with Gasteiger partial charge in [-0.2, -0.15) is 13.2 Å². The van der Waals surface area contributed by atoms with Crippen LogP contribution < -0.4 is 0 Å². The number of halogens is 3. The summed E-state index contributed by atoms with van der Waals surface area (Å²) in [5, 5.41) is 0. The van der Waals surface area contributed by atoms with Crippen LogP contribution in [0.1, 0.15) is 50.5 Å². The number of hydrogen-bond donors (Lipinski definition) is 0. The van der Waals surface area contributed by atoms with Crippen LogP contribution in [0.2, 0.25) is 0 Å². The lowest BCUT2D eigenvalue weighted by Gasteiger charge is -2.43. The van der Waals surface area contributed by atoms with Gasteiger partial charge in [-0.15, -0.1) is 0 Å². The number of rotatable bonds is 10. The maximum absolute atomic E-state index is 13.7. The van der Waals surface area contributed by atoms with Crippen LogP contribution in [0.15, 0.2) is 30.3 Å². The monoisotopic (exact) mass is 386 g/mol. The first-order valence-electron chi connectivity index (χ1n) is 10.00. The average molecular weight is 386 g/mol. The Morgan fingerprint density at radius 2 is 1.56 bits per heavy atom. The molecule has 154 valence electrons. The molecule has 1 aliphatic rings. The van der Waals surface area contributed by atoms with Crippen molar-refractivity contribution in [3.8, 4) is 0 Å². The Morgan fingerprint density at radius 1 is 0.963 bits per heavy atom. The van der Waals surface area contributed by atoms with Crippen molar-refractivity contribution in [1.82, 2.24) is 0 Å². The van der Waals surface area contributed by atoms with Gasteiger partial charge in [0, 0.05) is 19.6 Å². The van der Waals surface area contributed by atoms with E-state index < -0.39 is 12.1 Å². The van der Waals surface area contributed by atoms with Crippen molar-refractivity contribution < 1.29 is 22.6 Å². The van der Waals surface area contributed by atoms with Crippen molar-refractivity contribution in [1.29, 1.82) is 0 Å². The summed E-state index contributed by atoms with van der Waals surface area (Å²) in [6.07, 6.45) is 2.05. The molecule has 0 amide bonds. The zero-order valence-corrected chi connectivity index (χ0v) is 16.6. The van der Waals surface area contributed by atoms with Crippen LogP contribution in [0.25, 0.3) is 0 Å². The molecule has 1 aromatic carbocycles. The Balaban J connectivity index is 2.15. The number of benzene rings is 1. The van der Waals surface area contributed by atoms with E-state index in [1.54, 1.807) is 38.5 Å². The molecule has 1 saturated carbocycles. The van der Waals surface area contributed by atoms with Crippen molar-refractivity contribution in [3.63, 3.8) is 0 Å². The minimum Gasteiger partial charge on any atom is -0.384 e. The summed E-state index contributed by atoms with van der Waals surface area (Å²) in [6.45, 7) is 0.919. The third kappa shape index (κ3) is 6.49. The van der Waals surface area contributed by atoms with Gasteiger partial charge in [0.15, 0.2) is 0 Å². The van der Waals surface area contributed by atoms with E-state index in [-0.39, 0.29) is 18.3 Å². The Morgan fingerprint density at radius 3 is 2.07 bits per heavy atom. The van der Waals surface area contributed by atoms with Gasteiger partial charge in [-0.05, 0) is 43.6 Å². The predicted octanol–water partition coefficient (Wildman–Crippen LogP) is 6.05. The molecule has 0 bridgehead atoms. The Kier molecular flexibility index (Phi) is 8.62. The van der Waals surface area contributed by atoms with Gasteiger partial charge < -0.3 is 9.47 Å². The molecule has 0 heterocycles. The minimum absolute atomic E-state index is 0.0328. The van der Waals surface area contributed by atoms with E-state index >= 15 is 0 Å². The molecule has 1 fully saturated rings. The molecular formula is C22H33F3O2. The quantitative estimate of drug-likeness (QED) is 0.487. The summed E-state index contributed by atoms with van der Waals surface area (Å²) in [7, 11) is 3.27. The van der Waals surface area contributed by atoms with Crippen molar-refractivity contribution >= 4 is 0 Å². The predicted molar refractivity (Wildman–Crippen MR) is 102 cm³/mol. The number of alkyl halides is 3. The van der Waals surface area contributed by atoms with E-state index in [0.29, 0.717) is 25.6 Å². The maximum atomic E-state index is 13.7. The van der Waals surface area contributed by atoms with Gasteiger partial charge in [0.25, 0.3) is 0 Å². The Bertz CT molecular complexity index is 518. The third-order valence-electron chi connectivity index (χ3n) is 6.11. The van der Waals surface area contributed by atoms with Crippen molar-refractivity contribution in [2.45, 2.75) is 57.5 Å².